The summed E-state index contributed by atoms with van der Waals surface area (Å²) in [5, 5.41) is 0. The maximum Gasteiger partial charge on any atom is 0.143 e. The van der Waals surface area contributed by atoms with Crippen molar-refractivity contribution in [3.05, 3.63) is 40.4 Å². The Labute approximate surface area is 201 Å². The molecule has 0 saturated carbocycles. The molecule has 0 spiro atoms. The highest BCUT2D eigenvalue weighted by Crippen LogP contribution is 2.31. The number of ether oxygens (including phenoxy) is 1. The molecule has 0 radical (unpaired) electrons. The highest BCUT2D eigenvalue weighted by molar-refractivity contribution is 9.10. The van der Waals surface area contributed by atoms with Gasteiger partial charge in [-0.3, -0.25) is 9.36 Å². The molecule has 32 heavy (non-hydrogen) atoms. The van der Waals surface area contributed by atoms with Crippen molar-refractivity contribution in [2.45, 2.75) is 83.9 Å². The minimum absolute atomic E-state index is 0.228. The van der Waals surface area contributed by atoms with E-state index in [1.165, 1.54) is 12.1 Å². The zero-order chi connectivity index (χ0) is 23.7. The maximum atomic E-state index is 13.5. The van der Waals surface area contributed by atoms with E-state index in [9.17, 15) is 9.18 Å². The average molecular weight is 527 g/mol. The van der Waals surface area contributed by atoms with Gasteiger partial charge in [0.05, 0.1) is 5.69 Å². The first-order chi connectivity index (χ1) is 15.1. The van der Waals surface area contributed by atoms with E-state index in [0.717, 1.165) is 47.6 Å². The van der Waals surface area contributed by atoms with Gasteiger partial charge >= 0.3 is 0 Å². The molecule has 0 amide bonds. The molecule has 0 aliphatic heterocycles. The number of unbranched alkanes of at least 4 members (excludes halogenated alkanes) is 2. The molecule has 2 N–H and O–H groups in total. The smallest absolute Gasteiger partial charge is 0.143 e. The van der Waals surface area contributed by atoms with E-state index >= 15 is 0 Å². The number of halogens is 2. The summed E-state index contributed by atoms with van der Waals surface area (Å²) in [6, 6.07) is 7.18. The van der Waals surface area contributed by atoms with E-state index in [1.807, 2.05) is 11.5 Å². The Morgan fingerprint density at radius 3 is 2.53 bits per heavy atom. The van der Waals surface area contributed by atoms with Gasteiger partial charge in [0.15, 0.2) is 0 Å². The van der Waals surface area contributed by atoms with Crippen molar-refractivity contribution in [1.82, 2.24) is 9.55 Å². The van der Waals surface area contributed by atoms with Crippen molar-refractivity contribution in [3.63, 3.8) is 0 Å². The van der Waals surface area contributed by atoms with Crippen LogP contribution in [0, 0.1) is 5.82 Å². The van der Waals surface area contributed by atoms with E-state index < -0.39 is 8.07 Å². The lowest BCUT2D eigenvalue weighted by Gasteiger charge is -2.16. The first-order valence-electron chi connectivity index (χ1n) is 11.5. The van der Waals surface area contributed by atoms with E-state index in [1.54, 1.807) is 12.1 Å². The average Bonchev–Trinajstić information content (AvgIpc) is 3.06. The number of benzene rings is 1. The Morgan fingerprint density at radius 1 is 1.22 bits per heavy atom. The van der Waals surface area contributed by atoms with Crippen LogP contribution in [-0.2, 0) is 16.3 Å². The minimum Gasteiger partial charge on any atom is -0.361 e. The predicted octanol–water partition coefficient (Wildman–Crippen LogP) is 6.69. The second-order valence-electron chi connectivity index (χ2n) is 9.49. The van der Waals surface area contributed by atoms with E-state index in [-0.39, 0.29) is 11.9 Å². The molecular weight excluding hydrogens is 489 g/mol. The molecule has 0 aliphatic carbocycles. The fraction of sp³-hybridized carbons (Fsp3) is 0.583. The Morgan fingerprint density at radius 2 is 1.91 bits per heavy atom. The van der Waals surface area contributed by atoms with Crippen molar-refractivity contribution >= 4 is 29.8 Å². The van der Waals surface area contributed by atoms with Gasteiger partial charge in [-0.15, -0.1) is 0 Å². The van der Waals surface area contributed by atoms with Gasteiger partial charge in [-0.1, -0.05) is 39.4 Å². The SMILES string of the molecule is CCC(=O)CCCCC[C@H](N)c1nc(-c2ccc(F)cc2)n(COCC[Si](C)(C)C)c1Br. The monoisotopic (exact) mass is 525 g/mol. The number of hydrogen-bond donors (Lipinski definition) is 1. The number of nitrogens with zero attached hydrogens (tertiary/aromatic N) is 2. The topological polar surface area (TPSA) is 70.1 Å². The van der Waals surface area contributed by atoms with Crippen LogP contribution >= 0.6 is 15.9 Å². The molecule has 2 aromatic rings. The maximum absolute atomic E-state index is 13.5. The van der Waals surface area contributed by atoms with Gasteiger partial charge in [0.25, 0.3) is 0 Å². The molecule has 5 nitrogen and oxygen atoms in total. The van der Waals surface area contributed by atoms with Crippen molar-refractivity contribution in [3.8, 4) is 11.4 Å². The highest BCUT2D eigenvalue weighted by Gasteiger charge is 2.21. The largest absolute Gasteiger partial charge is 0.361 e. The summed E-state index contributed by atoms with van der Waals surface area (Å²) in [7, 11) is -1.18. The van der Waals surface area contributed by atoms with Crippen LogP contribution in [0.2, 0.25) is 25.7 Å². The second kappa shape index (κ2) is 12.8. The predicted molar refractivity (Wildman–Crippen MR) is 135 cm³/mol. The summed E-state index contributed by atoms with van der Waals surface area (Å²) >= 11 is 3.69. The highest BCUT2D eigenvalue weighted by atomic mass is 79.9. The zero-order valence-electron chi connectivity index (χ0n) is 19.8. The lowest BCUT2D eigenvalue weighted by molar-refractivity contribution is -0.118. The lowest BCUT2D eigenvalue weighted by Crippen LogP contribution is -2.22. The summed E-state index contributed by atoms with van der Waals surface area (Å²) in [6.07, 6.45) is 4.86. The number of ketones is 1. The first-order valence-corrected chi connectivity index (χ1v) is 16.0. The quantitative estimate of drug-likeness (QED) is 0.220. The molecule has 1 atom stereocenters. The van der Waals surface area contributed by atoms with E-state index in [0.29, 0.717) is 37.8 Å². The summed E-state index contributed by atoms with van der Waals surface area (Å²) in [5.74, 6) is 0.744. The van der Waals surface area contributed by atoms with Gasteiger partial charge in [-0.2, -0.15) is 0 Å². The second-order valence-corrected chi connectivity index (χ2v) is 15.9. The molecule has 0 bridgehead atoms. The molecule has 1 aromatic heterocycles. The molecule has 0 saturated heterocycles. The molecule has 8 heteroatoms. The lowest BCUT2D eigenvalue weighted by atomic mass is 10.0. The summed E-state index contributed by atoms with van der Waals surface area (Å²) in [6.45, 7) is 9.92. The number of nitrogens with two attached hydrogens (primary N) is 1. The standard InChI is InChI=1S/C24H37BrFN3O2Si/c1-5-20(30)9-7-6-8-10-21(27)22-23(25)29(17-31-15-16-32(2,3)4)24(28-22)18-11-13-19(26)14-12-18/h11-14,21H,5-10,15-17,27H2,1-4H3/t21-/m0/s1. The number of carbonyl (C=O) groups excluding carboxylic acids is 1. The van der Waals surface area contributed by atoms with Crippen LogP contribution < -0.4 is 5.73 Å². The van der Waals surface area contributed by atoms with Crippen LogP contribution in [0.3, 0.4) is 0 Å². The van der Waals surface area contributed by atoms with Crippen LogP contribution in [0.4, 0.5) is 4.39 Å². The van der Waals surface area contributed by atoms with E-state index in [4.69, 9.17) is 15.5 Å². The third-order valence-electron chi connectivity index (χ3n) is 5.47. The van der Waals surface area contributed by atoms with Gasteiger partial charge < -0.3 is 10.5 Å². The number of rotatable bonds is 14. The summed E-state index contributed by atoms with van der Waals surface area (Å²) in [5.41, 5.74) is 8.09. The summed E-state index contributed by atoms with van der Waals surface area (Å²) < 4.78 is 22.2. The van der Waals surface area contributed by atoms with Crippen LogP contribution in [0.5, 0.6) is 0 Å². The van der Waals surface area contributed by atoms with Crippen molar-refractivity contribution in [1.29, 1.82) is 0 Å². The molecule has 0 aliphatic rings. The molecule has 2 rings (SSSR count). The summed E-state index contributed by atoms with van der Waals surface area (Å²) in [4.78, 5) is 16.3. The first kappa shape index (κ1) is 26.9. The van der Waals surface area contributed by atoms with Gasteiger partial charge in [0.2, 0.25) is 0 Å². The molecule has 1 heterocycles. The van der Waals surface area contributed by atoms with Gasteiger partial charge in [0.1, 0.15) is 28.8 Å². The van der Waals surface area contributed by atoms with Crippen molar-refractivity contribution < 1.29 is 13.9 Å². The van der Waals surface area contributed by atoms with Crippen molar-refractivity contribution in [2.24, 2.45) is 5.73 Å². The van der Waals surface area contributed by atoms with Crippen LogP contribution in [0.1, 0.15) is 57.2 Å². The van der Waals surface area contributed by atoms with E-state index in [2.05, 4.69) is 35.6 Å². The molecule has 1 aromatic carbocycles. The van der Waals surface area contributed by atoms with Crippen LogP contribution in [0.25, 0.3) is 11.4 Å². The Balaban J connectivity index is 2.11. The Hall–Kier alpha value is -1.35. The Kier molecular flexibility index (Phi) is 10.7. The molecule has 0 fully saturated rings. The molecule has 0 unspecified atom stereocenters. The van der Waals surface area contributed by atoms with Crippen LogP contribution in [0.15, 0.2) is 28.9 Å². The number of imidazole rings is 1. The Bertz CT molecular complexity index is 865. The number of aromatic nitrogens is 2. The minimum atomic E-state index is -1.18. The molecular formula is C24H37BrFN3O2Si. The number of carbonyl (C=O) groups is 1. The third kappa shape index (κ3) is 8.54. The normalized spacial score (nSPS) is 12.8. The fourth-order valence-electron chi connectivity index (χ4n) is 3.34. The molecule has 178 valence electrons. The zero-order valence-corrected chi connectivity index (χ0v) is 22.4. The third-order valence-corrected chi connectivity index (χ3v) is 8.00. The van der Waals surface area contributed by atoms with Gasteiger partial charge in [-0.05, 0) is 59.1 Å². The number of hydrogen-bond acceptors (Lipinski definition) is 4. The van der Waals surface area contributed by atoms with Crippen molar-refractivity contribution in [2.75, 3.05) is 6.61 Å². The van der Waals surface area contributed by atoms with Crippen LogP contribution in [-0.4, -0.2) is 30.0 Å². The van der Waals surface area contributed by atoms with Gasteiger partial charge in [-0.25, -0.2) is 9.37 Å². The fourth-order valence-corrected chi connectivity index (χ4v) is 4.75. The van der Waals surface area contributed by atoms with Gasteiger partial charge in [0, 0.05) is 39.1 Å². The number of Topliss-reactive ketones (excluding diaryl/α,β-unsaturated/α-hetero) is 1.